The summed E-state index contributed by atoms with van der Waals surface area (Å²) < 4.78 is 72.5. The van der Waals surface area contributed by atoms with Gasteiger partial charge in [-0.15, -0.1) is 0 Å². The summed E-state index contributed by atoms with van der Waals surface area (Å²) in [4.78, 5) is 26.5. The Morgan fingerprint density at radius 3 is 1.77 bits per heavy atom. The molecule has 0 spiro atoms. The van der Waals surface area contributed by atoms with Gasteiger partial charge in [0.25, 0.3) is 0 Å². The van der Waals surface area contributed by atoms with Gasteiger partial charge in [0, 0.05) is 19.4 Å². The average Bonchev–Trinajstić information content (AvgIpc) is 3.30. The number of hydrogen-bond donors (Lipinski definition) is 1. The molecular formula is C51H65NO13Si. The molecule has 7 rings (SSSR count). The van der Waals surface area contributed by atoms with Crippen LogP contribution in [0.2, 0.25) is 18.1 Å². The molecule has 0 aliphatic carbocycles. The van der Waals surface area contributed by atoms with Crippen molar-refractivity contribution in [3.05, 3.63) is 138 Å². The van der Waals surface area contributed by atoms with Crippen LogP contribution in [0.4, 0.5) is 0 Å². The molecule has 3 aliphatic rings. The average molecular weight is 928 g/mol. The summed E-state index contributed by atoms with van der Waals surface area (Å²) in [6.45, 7) is 14.4. The highest BCUT2D eigenvalue weighted by molar-refractivity contribution is 6.74. The summed E-state index contributed by atoms with van der Waals surface area (Å²) >= 11 is 0. The van der Waals surface area contributed by atoms with Gasteiger partial charge in [0.2, 0.25) is 5.91 Å². The van der Waals surface area contributed by atoms with E-state index >= 15 is 0 Å². The highest BCUT2D eigenvalue weighted by atomic mass is 28.4. The molecule has 3 heterocycles. The fourth-order valence-corrected chi connectivity index (χ4v) is 8.99. The Labute approximate surface area is 389 Å². The van der Waals surface area contributed by atoms with Crippen molar-refractivity contribution in [2.75, 3.05) is 20.3 Å². The van der Waals surface area contributed by atoms with Crippen LogP contribution in [0.25, 0.3) is 0 Å². The lowest BCUT2D eigenvalue weighted by molar-refractivity contribution is -0.381. The van der Waals surface area contributed by atoms with E-state index in [0.29, 0.717) is 5.75 Å². The van der Waals surface area contributed by atoms with E-state index in [9.17, 15) is 9.59 Å². The largest absolute Gasteiger partial charge is 0.497 e. The maximum absolute atomic E-state index is 13.3. The minimum atomic E-state index is -2.38. The zero-order valence-electron chi connectivity index (χ0n) is 39.2. The van der Waals surface area contributed by atoms with Crippen LogP contribution in [-0.2, 0) is 76.5 Å². The molecule has 1 amide bonds. The molecule has 3 fully saturated rings. The number of ether oxygens (including phenoxy) is 10. The first-order valence-electron chi connectivity index (χ1n) is 22.6. The van der Waals surface area contributed by atoms with Crippen molar-refractivity contribution in [2.24, 2.45) is 0 Å². The molecule has 1 unspecified atom stereocenters. The van der Waals surface area contributed by atoms with Crippen molar-refractivity contribution in [2.45, 2.75) is 140 Å². The first-order valence-corrected chi connectivity index (χ1v) is 25.5. The number of hydrogen-bond acceptors (Lipinski definition) is 13. The van der Waals surface area contributed by atoms with E-state index in [4.69, 9.17) is 51.8 Å². The molecule has 15 heteroatoms. The Morgan fingerprint density at radius 2 is 1.24 bits per heavy atom. The number of fused-ring (bicyclic) bond motifs is 1. The lowest BCUT2D eigenvalue weighted by atomic mass is 9.94. The third-order valence-electron chi connectivity index (χ3n) is 12.5. The first kappa shape index (κ1) is 49.4. The van der Waals surface area contributed by atoms with Crippen molar-refractivity contribution < 1.29 is 61.4 Å². The maximum Gasteiger partial charge on any atom is 0.303 e. The molecule has 4 aromatic rings. The predicted octanol–water partition coefficient (Wildman–Crippen LogP) is 7.79. The van der Waals surface area contributed by atoms with E-state index in [1.807, 2.05) is 115 Å². The number of nitrogens with one attached hydrogen (secondary N) is 1. The van der Waals surface area contributed by atoms with Crippen molar-refractivity contribution in [3.63, 3.8) is 0 Å². The van der Waals surface area contributed by atoms with Crippen LogP contribution in [0.1, 0.15) is 63.2 Å². The fraction of sp³-hybridized carbons (Fsp3) is 0.490. The lowest BCUT2D eigenvalue weighted by Crippen LogP contribution is -2.70. The van der Waals surface area contributed by atoms with E-state index in [1.54, 1.807) is 7.11 Å². The van der Waals surface area contributed by atoms with Gasteiger partial charge in [-0.2, -0.15) is 0 Å². The number of rotatable bonds is 18. The van der Waals surface area contributed by atoms with E-state index in [-0.39, 0.29) is 44.0 Å². The smallest absolute Gasteiger partial charge is 0.303 e. The highest BCUT2D eigenvalue weighted by Gasteiger charge is 2.57. The minimum Gasteiger partial charge on any atom is -0.497 e. The van der Waals surface area contributed by atoms with Crippen LogP contribution in [0.5, 0.6) is 5.75 Å². The fourth-order valence-electron chi connectivity index (χ4n) is 7.97. The lowest BCUT2D eigenvalue weighted by Gasteiger charge is -2.52. The number of carbonyl (C=O) groups is 2. The molecule has 1 N–H and O–H groups in total. The maximum atomic E-state index is 13.3. The Hall–Kier alpha value is -4.52. The van der Waals surface area contributed by atoms with Gasteiger partial charge in [0.05, 0.1) is 40.1 Å². The number of methoxy groups -OCH3 is 1. The van der Waals surface area contributed by atoms with Crippen molar-refractivity contribution in [1.82, 2.24) is 5.32 Å². The van der Waals surface area contributed by atoms with Crippen molar-refractivity contribution in [3.8, 4) is 5.75 Å². The number of carbonyl (C=O) groups excluding carboxylic acids is 2. The molecule has 11 atom stereocenters. The molecule has 0 bridgehead atoms. The molecular weight excluding hydrogens is 863 g/mol. The van der Waals surface area contributed by atoms with Gasteiger partial charge in [0.1, 0.15) is 48.4 Å². The van der Waals surface area contributed by atoms with Crippen LogP contribution >= 0.6 is 0 Å². The predicted molar refractivity (Wildman–Crippen MR) is 246 cm³/mol. The second-order valence-electron chi connectivity index (χ2n) is 18.4. The van der Waals surface area contributed by atoms with E-state index < -0.39 is 81.9 Å². The van der Waals surface area contributed by atoms with Gasteiger partial charge in [0.15, 0.2) is 33.3 Å². The van der Waals surface area contributed by atoms with Gasteiger partial charge in [-0.25, -0.2) is 0 Å². The molecule has 4 aromatic carbocycles. The minimum absolute atomic E-state index is 0.0965. The van der Waals surface area contributed by atoms with Gasteiger partial charge in [-0.3, -0.25) is 9.59 Å². The Kier molecular flexibility index (Phi) is 16.8. The quantitative estimate of drug-likeness (QED) is 0.0766. The van der Waals surface area contributed by atoms with Crippen LogP contribution in [0.3, 0.4) is 0 Å². The van der Waals surface area contributed by atoms with Crippen LogP contribution in [0.15, 0.2) is 115 Å². The molecule has 3 aliphatic heterocycles. The monoisotopic (exact) mass is 927 g/mol. The summed E-state index contributed by atoms with van der Waals surface area (Å²) in [5.74, 6) is -0.271. The molecule has 14 nitrogen and oxygen atoms in total. The van der Waals surface area contributed by atoms with Gasteiger partial charge in [-0.05, 0) is 47.0 Å². The molecule has 66 heavy (non-hydrogen) atoms. The standard InChI is InChI=1S/C51H65NO13Si/c1-33(53)52-42-45(44-40(62-49(42)58-30-37-22-16-11-17-23-37)31-59-48(64-44)38-24-26-39(55-6)27-25-38)65-50-47(61-34(2)54)46(57-29-36-20-14-10-15-21-36)43(56-28-35-18-12-9-13-19-35)41(63-50)32-60-66(7,8)51(3,4)5/h9-27,40-50H,28-32H2,1-8H3,(H,52,53)/t40-,41-,42-,43-,44-,45-,46+,47-,48?,49-,50+/m1/s1. The molecule has 0 radical (unpaired) electrons. The van der Waals surface area contributed by atoms with E-state index in [2.05, 4.69) is 39.2 Å². The topological polar surface area (TPSA) is 148 Å². The van der Waals surface area contributed by atoms with Gasteiger partial charge >= 0.3 is 5.97 Å². The first-order chi connectivity index (χ1) is 31.7. The zero-order valence-corrected chi connectivity index (χ0v) is 40.2. The SMILES string of the molecule is COc1ccc(C2OC[C@H]3O[C@@H](OCc4ccccc4)[C@H](NC(C)=O)[C@@H](O[C@@H]4O[C@H](CO[Si](C)(C)C(C)(C)C)[C@@H](OCc5ccccc5)[C@H](OCc5ccccc5)[C@H]4OC(C)=O)[C@@H]3O2)cc1. The number of esters is 1. The second kappa shape index (κ2) is 22.5. The number of benzene rings is 4. The molecule has 3 saturated heterocycles. The number of amides is 1. The van der Waals surface area contributed by atoms with Crippen molar-refractivity contribution in [1.29, 1.82) is 0 Å². The third kappa shape index (κ3) is 12.7. The van der Waals surface area contributed by atoms with E-state index in [0.717, 1.165) is 22.3 Å². The molecule has 0 saturated carbocycles. The van der Waals surface area contributed by atoms with Crippen LogP contribution in [-0.4, -0.2) is 102 Å². The summed E-state index contributed by atoms with van der Waals surface area (Å²) in [5.41, 5.74) is 3.46. The summed E-state index contributed by atoms with van der Waals surface area (Å²) in [6, 6.07) is 35.6. The Morgan fingerprint density at radius 1 is 0.682 bits per heavy atom. The zero-order chi connectivity index (χ0) is 46.8. The summed E-state index contributed by atoms with van der Waals surface area (Å²) in [5, 5.41) is 2.93. The normalized spacial score (nSPS) is 27.9. The summed E-state index contributed by atoms with van der Waals surface area (Å²) in [6.07, 6.45) is -9.52. The Bertz CT molecular complexity index is 2120. The van der Waals surface area contributed by atoms with E-state index in [1.165, 1.54) is 13.8 Å². The van der Waals surface area contributed by atoms with Gasteiger partial charge < -0.3 is 57.1 Å². The van der Waals surface area contributed by atoms with Crippen LogP contribution in [0, 0.1) is 0 Å². The molecule has 0 aromatic heterocycles. The van der Waals surface area contributed by atoms with Crippen LogP contribution < -0.4 is 10.1 Å². The van der Waals surface area contributed by atoms with Crippen molar-refractivity contribution >= 4 is 20.2 Å². The second-order valence-corrected chi connectivity index (χ2v) is 23.2. The highest BCUT2D eigenvalue weighted by Crippen LogP contribution is 2.41. The molecule has 356 valence electrons. The summed E-state index contributed by atoms with van der Waals surface area (Å²) in [7, 11) is -0.777. The third-order valence-corrected chi connectivity index (χ3v) is 17.0. The van der Waals surface area contributed by atoms with Gasteiger partial charge in [-0.1, -0.05) is 124 Å². The Balaban J connectivity index is 1.29.